The molecule has 1 aromatic heterocycles. The first kappa shape index (κ1) is 39.7. The number of pyridine rings is 1. The van der Waals surface area contributed by atoms with Gasteiger partial charge in [-0.1, -0.05) is 30.7 Å². The Morgan fingerprint density at radius 3 is 2.59 bits per heavy atom. The van der Waals surface area contributed by atoms with Crippen molar-refractivity contribution in [2.45, 2.75) is 62.6 Å². The van der Waals surface area contributed by atoms with E-state index < -0.39 is 46.7 Å². The van der Waals surface area contributed by atoms with E-state index in [0.717, 1.165) is 12.1 Å². The number of aromatic nitrogens is 1. The summed E-state index contributed by atoms with van der Waals surface area (Å²) in [4.78, 5) is 71.9. The highest BCUT2D eigenvalue weighted by Crippen LogP contribution is 2.56. The molecule has 6 atom stereocenters. The lowest BCUT2D eigenvalue weighted by Crippen LogP contribution is -2.55. The zero-order chi connectivity index (χ0) is 41.0. The van der Waals surface area contributed by atoms with Crippen molar-refractivity contribution in [3.63, 3.8) is 0 Å². The molecule has 2 aromatic carbocycles. The van der Waals surface area contributed by atoms with E-state index in [9.17, 15) is 29.1 Å². The molecule has 8 rings (SSSR count). The molecule has 14 nitrogen and oxygen atoms in total. The van der Waals surface area contributed by atoms with Crippen molar-refractivity contribution in [1.82, 2.24) is 14.8 Å². The summed E-state index contributed by atoms with van der Waals surface area (Å²) in [5.41, 5.74) is -0.978. The first-order valence-corrected chi connectivity index (χ1v) is 21.0. The summed E-state index contributed by atoms with van der Waals surface area (Å²) < 4.78 is 30.3. The van der Waals surface area contributed by atoms with Gasteiger partial charge in [0.05, 0.1) is 14.2 Å². The number of rotatable bonds is 11. The van der Waals surface area contributed by atoms with Gasteiger partial charge in [-0.25, -0.2) is 0 Å². The van der Waals surface area contributed by atoms with Gasteiger partial charge in [0.25, 0.3) is 5.56 Å². The number of allylic oxidation sites excluding steroid dienone is 1. The van der Waals surface area contributed by atoms with Crippen molar-refractivity contribution in [3.8, 4) is 28.7 Å². The number of aliphatic hydroxyl groups excluding tert-OH is 1. The normalized spacial score (nSPS) is 23.9. The van der Waals surface area contributed by atoms with E-state index in [1.165, 1.54) is 20.3 Å². The van der Waals surface area contributed by atoms with Crippen molar-refractivity contribution in [3.05, 3.63) is 86.0 Å². The van der Waals surface area contributed by atoms with Crippen LogP contribution < -0.4 is 34.6 Å². The summed E-state index contributed by atoms with van der Waals surface area (Å²) in [6.45, 7) is 2.99. The molecule has 1 fully saturated rings. The van der Waals surface area contributed by atoms with Gasteiger partial charge in [0.2, 0.25) is 30.0 Å². The molecule has 16 heteroatoms. The Morgan fingerprint density at radius 1 is 1.05 bits per heavy atom. The average Bonchev–Trinajstić information content (AvgIpc) is 3.81. The molecule has 5 aliphatic rings. The van der Waals surface area contributed by atoms with Crippen LogP contribution in [0.15, 0.2) is 58.6 Å². The molecule has 4 aliphatic heterocycles. The Bertz CT molecular complexity index is 2310. The largest absolute Gasteiger partial charge is 0.507 e. The Morgan fingerprint density at radius 2 is 1.83 bits per heavy atom. The molecular formula is C42H44ClN3O11S. The molecule has 2 bridgehead atoms. The van der Waals surface area contributed by atoms with E-state index in [0.29, 0.717) is 48.9 Å². The van der Waals surface area contributed by atoms with Crippen LogP contribution in [0.2, 0.25) is 5.02 Å². The third kappa shape index (κ3) is 6.55. The second-order valence-electron chi connectivity index (χ2n) is 15.5. The summed E-state index contributed by atoms with van der Waals surface area (Å²) in [7, 11) is 2.78. The first-order valence-electron chi connectivity index (χ1n) is 19.2. The molecule has 2 amide bonds. The second kappa shape index (κ2) is 15.6. The zero-order valence-electron chi connectivity index (χ0n) is 32.5. The van der Waals surface area contributed by atoms with Crippen LogP contribution in [0.25, 0.3) is 0 Å². The summed E-state index contributed by atoms with van der Waals surface area (Å²) in [5.74, 6) is -2.78. The minimum atomic E-state index is -2.08. The zero-order valence-corrected chi connectivity index (χ0v) is 34.1. The van der Waals surface area contributed by atoms with Crippen molar-refractivity contribution < 1.29 is 48.0 Å². The number of thioether (sulfide) groups is 1. The van der Waals surface area contributed by atoms with Crippen molar-refractivity contribution >= 4 is 46.7 Å². The van der Waals surface area contributed by atoms with Gasteiger partial charge in [0, 0.05) is 73.6 Å². The maximum Gasteiger partial charge on any atom is 0.250 e. The van der Waals surface area contributed by atoms with Gasteiger partial charge >= 0.3 is 0 Å². The van der Waals surface area contributed by atoms with Gasteiger partial charge < -0.3 is 43.6 Å². The maximum atomic E-state index is 14.6. The second-order valence-corrected chi connectivity index (χ2v) is 16.8. The number of methoxy groups -OCH3 is 2. The molecule has 1 unspecified atom stereocenters. The minimum Gasteiger partial charge on any atom is -0.507 e. The van der Waals surface area contributed by atoms with E-state index in [-0.39, 0.29) is 76.3 Å². The monoisotopic (exact) mass is 833 g/mol. The number of aliphatic hydroxyl groups is 1. The number of ketones is 2. The molecule has 3 aromatic rings. The molecule has 58 heavy (non-hydrogen) atoms. The quantitative estimate of drug-likeness (QED) is 0.264. The summed E-state index contributed by atoms with van der Waals surface area (Å²) in [6.07, 6.45) is 2.55. The van der Waals surface area contributed by atoms with Crippen LogP contribution in [-0.2, 0) is 20.9 Å². The van der Waals surface area contributed by atoms with E-state index in [1.54, 1.807) is 58.5 Å². The number of fused-ring (bicyclic) bond motifs is 6. The predicted molar refractivity (Wildman–Crippen MR) is 214 cm³/mol. The van der Waals surface area contributed by atoms with Crippen molar-refractivity contribution in [2.24, 2.45) is 11.8 Å². The van der Waals surface area contributed by atoms with Gasteiger partial charge in [0.15, 0.2) is 28.8 Å². The number of carbonyl (C=O) groups excluding carboxylic acids is 4. The minimum absolute atomic E-state index is 0.00896. The predicted octanol–water partition coefficient (Wildman–Crippen LogP) is 5.04. The van der Waals surface area contributed by atoms with E-state index in [2.05, 4.69) is 5.32 Å². The lowest BCUT2D eigenvalue weighted by molar-refractivity contribution is -0.139. The number of ether oxygens (including phenoxy) is 5. The third-order valence-corrected chi connectivity index (χ3v) is 13.1. The van der Waals surface area contributed by atoms with Crippen LogP contribution in [0.5, 0.6) is 28.7 Å². The number of hydrogen-bond acceptors (Lipinski definition) is 12. The Balaban J connectivity index is 1.13. The van der Waals surface area contributed by atoms with E-state index >= 15 is 0 Å². The van der Waals surface area contributed by atoms with E-state index in [4.69, 9.17) is 35.3 Å². The fourth-order valence-corrected chi connectivity index (χ4v) is 10.0. The number of likely N-dealkylation sites (tertiary alicyclic amines) is 1. The third-order valence-electron chi connectivity index (χ3n) is 12.1. The fraction of sp³-hybridized carbons (Fsp3) is 0.452. The van der Waals surface area contributed by atoms with Crippen LogP contribution in [0.4, 0.5) is 0 Å². The van der Waals surface area contributed by atoms with E-state index in [1.807, 2.05) is 12.3 Å². The number of Topliss-reactive ketones (excluding diaryl/α,β-unsaturated/α-hetero) is 2. The standard InChI is InChI=1S/C42H44ClN3O11S/c1-21-12-28(47)35(39(50)42(21)40(51)36-31(53-2)16-32(54-3)37(43)38(36)57-42)25(23-8-9-29-30(14-23)56-20-55-29)15-33(48)44-26(10-11-58-4)41(52)45-17-22-13-24(19-45)27-6-5-7-34(49)46(27)18-22/h5-9,14,16,21-22,24-26,50H,10-13,15,17-20H2,1-4H3,(H,44,48)/t21-,22-,24+,25?,26+,42+/m1/s1. The molecule has 1 aliphatic carbocycles. The average molecular weight is 834 g/mol. The van der Waals surface area contributed by atoms with Crippen LogP contribution >= 0.6 is 23.4 Å². The molecule has 306 valence electrons. The van der Waals surface area contributed by atoms with Crippen molar-refractivity contribution in [2.75, 3.05) is 46.1 Å². The van der Waals surface area contributed by atoms with Crippen LogP contribution in [0, 0.1) is 11.8 Å². The molecule has 5 heterocycles. The highest BCUT2D eigenvalue weighted by Gasteiger charge is 2.61. The number of nitrogens with zero attached hydrogens (tertiary/aromatic N) is 2. The highest BCUT2D eigenvalue weighted by molar-refractivity contribution is 7.98. The molecule has 1 spiro atoms. The Hall–Kier alpha value is -5.15. The number of carbonyl (C=O) groups is 4. The molecular weight excluding hydrogens is 790 g/mol. The molecule has 2 N–H and O–H groups in total. The van der Waals surface area contributed by atoms with Crippen LogP contribution in [-0.4, -0.2) is 95.7 Å². The topological polar surface area (TPSA) is 172 Å². The highest BCUT2D eigenvalue weighted by atomic mass is 35.5. The molecule has 0 saturated carbocycles. The van der Waals surface area contributed by atoms with Gasteiger partial charge in [-0.15, -0.1) is 0 Å². The summed E-state index contributed by atoms with van der Waals surface area (Å²) in [5, 5.41) is 15.3. The van der Waals surface area contributed by atoms with Gasteiger partial charge in [0.1, 0.15) is 28.1 Å². The number of piperidine rings is 1. The van der Waals surface area contributed by atoms with Crippen LogP contribution in [0.1, 0.15) is 66.1 Å². The maximum absolute atomic E-state index is 14.6. The number of hydrogen-bond donors (Lipinski definition) is 2. The number of halogens is 1. The number of amides is 2. The van der Waals surface area contributed by atoms with Gasteiger partial charge in [-0.2, -0.15) is 11.8 Å². The van der Waals surface area contributed by atoms with Crippen molar-refractivity contribution in [1.29, 1.82) is 0 Å². The Labute approximate surface area is 343 Å². The summed E-state index contributed by atoms with van der Waals surface area (Å²) >= 11 is 8.21. The SMILES string of the molecule is COc1cc(OC)c2c(c1Cl)O[C@]1(C2=O)C(O)=C(C(CC(=O)N[C@@H](CCSC)C(=O)N2C[C@H]3C[C@@H](C2)c2cccc(=O)n2C3)c2ccc3c(c2)OCO3)C(=O)C[C@H]1C. The smallest absolute Gasteiger partial charge is 0.250 e. The number of benzene rings is 2. The lowest BCUT2D eigenvalue weighted by Gasteiger charge is -2.43. The fourth-order valence-electron chi connectivity index (χ4n) is 9.28. The Kier molecular flexibility index (Phi) is 10.6. The first-order chi connectivity index (χ1) is 27.9. The molecule has 0 radical (unpaired) electrons. The summed E-state index contributed by atoms with van der Waals surface area (Å²) in [6, 6.07) is 10.8. The van der Waals surface area contributed by atoms with Gasteiger partial charge in [-0.05, 0) is 54.5 Å². The number of nitrogens with one attached hydrogen (secondary N) is 1. The molecule has 1 saturated heterocycles. The lowest BCUT2D eigenvalue weighted by atomic mass is 9.69. The van der Waals surface area contributed by atoms with Crippen LogP contribution in [0.3, 0.4) is 0 Å². The van der Waals surface area contributed by atoms with Gasteiger partial charge in [-0.3, -0.25) is 24.0 Å².